The first-order valence-electron chi connectivity index (χ1n) is 9.65. The molecule has 2 atom stereocenters. The number of aromatic nitrogens is 3. The molecule has 0 radical (unpaired) electrons. The standard InChI is InChI=1S/C20H30N6O/c1-5-26-10-6-7-16(19(26)17-11-22-25(4)14-17)13-24(3)20(27)23-18-9-8-15(2)21-12-18/h8-9,11-12,14,16,19H,5-7,10,13H2,1-4H3,(H,23,27)/t16-,19+/m0/s1. The molecule has 1 aliphatic heterocycles. The van der Waals surface area contributed by atoms with Gasteiger partial charge in [-0.1, -0.05) is 6.92 Å². The second-order valence-corrected chi connectivity index (χ2v) is 7.42. The van der Waals surface area contributed by atoms with Crippen molar-refractivity contribution in [1.82, 2.24) is 24.6 Å². The van der Waals surface area contributed by atoms with Crippen molar-refractivity contribution >= 4 is 11.7 Å². The number of likely N-dealkylation sites (tertiary alicyclic amines) is 1. The van der Waals surface area contributed by atoms with E-state index >= 15 is 0 Å². The van der Waals surface area contributed by atoms with Gasteiger partial charge in [0.1, 0.15) is 0 Å². The molecule has 7 heteroatoms. The molecule has 27 heavy (non-hydrogen) atoms. The molecule has 1 N–H and O–H groups in total. The Morgan fingerprint density at radius 2 is 2.19 bits per heavy atom. The van der Waals surface area contributed by atoms with E-state index in [1.165, 1.54) is 5.56 Å². The number of piperidine rings is 1. The normalized spacial score (nSPS) is 20.4. The van der Waals surface area contributed by atoms with E-state index in [9.17, 15) is 4.79 Å². The average molecular weight is 371 g/mol. The molecule has 7 nitrogen and oxygen atoms in total. The summed E-state index contributed by atoms with van der Waals surface area (Å²) in [5.41, 5.74) is 2.89. The number of rotatable bonds is 5. The molecule has 0 spiro atoms. The molecule has 0 aliphatic carbocycles. The molecule has 2 aromatic rings. The number of pyridine rings is 1. The van der Waals surface area contributed by atoms with E-state index in [0.29, 0.717) is 18.5 Å². The van der Waals surface area contributed by atoms with Crippen molar-refractivity contribution in [3.63, 3.8) is 0 Å². The van der Waals surface area contributed by atoms with Crippen LogP contribution in [0.15, 0.2) is 30.7 Å². The molecular formula is C20H30N6O. The lowest BCUT2D eigenvalue weighted by molar-refractivity contribution is 0.0828. The van der Waals surface area contributed by atoms with Gasteiger partial charge in [0, 0.05) is 44.1 Å². The molecule has 1 fully saturated rings. The fraction of sp³-hybridized carbons (Fsp3) is 0.550. The summed E-state index contributed by atoms with van der Waals surface area (Å²) in [6.07, 6.45) is 8.03. The largest absolute Gasteiger partial charge is 0.327 e. The number of urea groups is 1. The van der Waals surface area contributed by atoms with Gasteiger partial charge in [-0.15, -0.1) is 0 Å². The zero-order chi connectivity index (χ0) is 19.4. The lowest BCUT2D eigenvalue weighted by Gasteiger charge is -2.42. The summed E-state index contributed by atoms with van der Waals surface area (Å²) in [5.74, 6) is 0.384. The van der Waals surface area contributed by atoms with E-state index in [2.05, 4.69) is 33.4 Å². The minimum Gasteiger partial charge on any atom is -0.327 e. The maximum absolute atomic E-state index is 12.6. The zero-order valence-electron chi connectivity index (χ0n) is 16.7. The van der Waals surface area contributed by atoms with Crippen LogP contribution in [-0.2, 0) is 7.05 Å². The molecule has 1 aliphatic rings. The lowest BCUT2D eigenvalue weighted by Crippen LogP contribution is -2.44. The van der Waals surface area contributed by atoms with Crippen LogP contribution < -0.4 is 5.32 Å². The van der Waals surface area contributed by atoms with Crippen molar-refractivity contribution in [2.24, 2.45) is 13.0 Å². The van der Waals surface area contributed by atoms with Crippen molar-refractivity contribution in [3.05, 3.63) is 42.0 Å². The van der Waals surface area contributed by atoms with Crippen molar-refractivity contribution < 1.29 is 4.79 Å². The number of anilines is 1. The third-order valence-corrected chi connectivity index (χ3v) is 5.35. The first kappa shape index (κ1) is 19.4. The second kappa shape index (κ2) is 8.52. The van der Waals surface area contributed by atoms with Crippen molar-refractivity contribution in [3.8, 4) is 0 Å². The van der Waals surface area contributed by atoms with Gasteiger partial charge in [0.2, 0.25) is 0 Å². The van der Waals surface area contributed by atoms with Gasteiger partial charge in [0.25, 0.3) is 0 Å². The number of amides is 2. The van der Waals surface area contributed by atoms with Gasteiger partial charge < -0.3 is 10.2 Å². The average Bonchev–Trinajstić information content (AvgIpc) is 3.09. The molecule has 2 amide bonds. The molecular weight excluding hydrogens is 340 g/mol. The molecule has 1 saturated heterocycles. The minimum absolute atomic E-state index is 0.0980. The van der Waals surface area contributed by atoms with Gasteiger partial charge in [0.05, 0.1) is 18.1 Å². The highest BCUT2D eigenvalue weighted by Crippen LogP contribution is 2.36. The fourth-order valence-electron chi connectivity index (χ4n) is 3.97. The van der Waals surface area contributed by atoms with E-state index in [1.807, 2.05) is 44.0 Å². The third-order valence-electron chi connectivity index (χ3n) is 5.35. The van der Waals surface area contributed by atoms with Gasteiger partial charge >= 0.3 is 6.03 Å². The number of carbonyl (C=O) groups excluding carboxylic acids is 1. The highest BCUT2D eigenvalue weighted by Gasteiger charge is 2.34. The van der Waals surface area contributed by atoms with Crippen LogP contribution in [0.4, 0.5) is 10.5 Å². The first-order chi connectivity index (χ1) is 13.0. The Hall–Kier alpha value is -2.41. The van der Waals surface area contributed by atoms with E-state index in [-0.39, 0.29) is 6.03 Å². The first-order valence-corrected chi connectivity index (χ1v) is 9.65. The second-order valence-electron chi connectivity index (χ2n) is 7.42. The van der Waals surface area contributed by atoms with Crippen molar-refractivity contribution in [1.29, 1.82) is 0 Å². The Labute approximate surface area is 161 Å². The molecule has 3 heterocycles. The van der Waals surface area contributed by atoms with E-state index in [1.54, 1.807) is 11.1 Å². The number of nitrogens with one attached hydrogen (secondary N) is 1. The SMILES string of the molecule is CCN1CCC[C@@H](CN(C)C(=O)Nc2ccc(C)nc2)[C@@H]1c1cnn(C)c1. The summed E-state index contributed by atoms with van der Waals surface area (Å²) in [6, 6.07) is 3.98. The van der Waals surface area contributed by atoms with Crippen molar-refractivity contribution in [2.75, 3.05) is 32.0 Å². The van der Waals surface area contributed by atoms with E-state index < -0.39 is 0 Å². The molecule has 2 aromatic heterocycles. The third kappa shape index (κ3) is 4.66. The quantitative estimate of drug-likeness (QED) is 0.878. The van der Waals surface area contributed by atoms with Gasteiger partial charge in [-0.3, -0.25) is 14.6 Å². The van der Waals surface area contributed by atoms with Crippen LogP contribution in [0.1, 0.15) is 37.1 Å². The monoisotopic (exact) mass is 370 g/mol. The Morgan fingerprint density at radius 3 is 2.81 bits per heavy atom. The summed E-state index contributed by atoms with van der Waals surface area (Å²) < 4.78 is 1.86. The molecule has 0 saturated carbocycles. The maximum atomic E-state index is 12.6. The summed E-state index contributed by atoms with van der Waals surface area (Å²) in [4.78, 5) is 21.1. The maximum Gasteiger partial charge on any atom is 0.321 e. The van der Waals surface area contributed by atoms with Crippen LogP contribution in [0.5, 0.6) is 0 Å². The Balaban J connectivity index is 1.69. The topological polar surface area (TPSA) is 66.3 Å². The fourth-order valence-corrected chi connectivity index (χ4v) is 3.97. The van der Waals surface area contributed by atoms with E-state index in [4.69, 9.17) is 0 Å². The summed E-state index contributed by atoms with van der Waals surface area (Å²) in [6.45, 7) is 6.94. The smallest absolute Gasteiger partial charge is 0.321 e. The summed E-state index contributed by atoms with van der Waals surface area (Å²) >= 11 is 0. The summed E-state index contributed by atoms with van der Waals surface area (Å²) in [5, 5.41) is 7.30. The van der Waals surface area contributed by atoms with Gasteiger partial charge in [-0.05, 0) is 50.9 Å². The lowest BCUT2D eigenvalue weighted by atomic mass is 9.85. The van der Waals surface area contributed by atoms with Gasteiger partial charge in [-0.2, -0.15) is 5.10 Å². The predicted octanol–water partition coefficient (Wildman–Crippen LogP) is 3.06. The van der Waals surface area contributed by atoms with Crippen LogP contribution in [0, 0.1) is 12.8 Å². The van der Waals surface area contributed by atoms with E-state index in [0.717, 1.165) is 37.3 Å². The number of hydrogen-bond donors (Lipinski definition) is 1. The van der Waals surface area contributed by atoms with Crippen LogP contribution in [-0.4, -0.2) is 57.3 Å². The minimum atomic E-state index is -0.0980. The number of carbonyl (C=O) groups is 1. The predicted molar refractivity (Wildman–Crippen MR) is 107 cm³/mol. The number of aryl methyl sites for hydroxylation is 2. The Bertz CT molecular complexity index is 756. The molecule has 3 rings (SSSR count). The van der Waals surface area contributed by atoms with Crippen LogP contribution in [0.3, 0.4) is 0 Å². The van der Waals surface area contributed by atoms with Gasteiger partial charge in [0.15, 0.2) is 0 Å². The molecule has 146 valence electrons. The Morgan fingerprint density at radius 1 is 1.37 bits per heavy atom. The van der Waals surface area contributed by atoms with Crippen LogP contribution >= 0.6 is 0 Å². The zero-order valence-corrected chi connectivity index (χ0v) is 16.7. The highest BCUT2D eigenvalue weighted by molar-refractivity contribution is 5.88. The Kier molecular flexibility index (Phi) is 6.11. The summed E-state index contributed by atoms with van der Waals surface area (Å²) in [7, 11) is 3.81. The van der Waals surface area contributed by atoms with Crippen LogP contribution in [0.2, 0.25) is 0 Å². The molecule has 0 bridgehead atoms. The van der Waals surface area contributed by atoms with Crippen LogP contribution in [0.25, 0.3) is 0 Å². The highest BCUT2D eigenvalue weighted by atomic mass is 16.2. The molecule has 0 aromatic carbocycles. The molecule has 0 unspecified atom stereocenters. The number of nitrogens with zero attached hydrogens (tertiary/aromatic N) is 5. The number of hydrogen-bond acceptors (Lipinski definition) is 4. The van der Waals surface area contributed by atoms with Gasteiger partial charge in [-0.25, -0.2) is 4.79 Å². The van der Waals surface area contributed by atoms with Crippen molar-refractivity contribution in [2.45, 2.75) is 32.7 Å².